The van der Waals surface area contributed by atoms with Gasteiger partial charge >= 0.3 is 0 Å². The first-order valence-electron chi connectivity index (χ1n) is 7.52. The van der Waals surface area contributed by atoms with Crippen LogP contribution in [0.2, 0.25) is 4.34 Å². The molecule has 1 N–H and O–H groups in total. The van der Waals surface area contributed by atoms with E-state index in [1.807, 2.05) is 0 Å². The minimum absolute atomic E-state index is 0.483. The molecule has 106 valence electrons. The van der Waals surface area contributed by atoms with E-state index in [9.17, 15) is 0 Å². The number of halogens is 1. The predicted octanol–water partition coefficient (Wildman–Crippen LogP) is 5.06. The van der Waals surface area contributed by atoms with Crippen molar-refractivity contribution in [1.29, 1.82) is 0 Å². The molecule has 1 nitrogen and oxygen atoms in total. The van der Waals surface area contributed by atoms with Gasteiger partial charge in [-0.1, -0.05) is 25.4 Å². The van der Waals surface area contributed by atoms with Crippen molar-refractivity contribution in [2.75, 3.05) is 6.54 Å². The first-order valence-corrected chi connectivity index (χ1v) is 8.71. The molecule has 0 amide bonds. The summed E-state index contributed by atoms with van der Waals surface area (Å²) < 4.78 is 0.937. The van der Waals surface area contributed by atoms with Crippen molar-refractivity contribution in [2.45, 2.75) is 57.9 Å². The normalized spacial score (nSPS) is 30.5. The van der Waals surface area contributed by atoms with Gasteiger partial charge in [0.05, 0.1) is 4.34 Å². The van der Waals surface area contributed by atoms with Gasteiger partial charge in [-0.15, -0.1) is 11.3 Å². The number of hydrogen-bond acceptors (Lipinski definition) is 2. The lowest BCUT2D eigenvalue weighted by atomic mass is 9.66. The maximum atomic E-state index is 6.14. The van der Waals surface area contributed by atoms with Gasteiger partial charge in [0, 0.05) is 10.9 Å². The van der Waals surface area contributed by atoms with E-state index in [0.717, 1.165) is 16.3 Å². The monoisotopic (exact) mass is 297 g/mol. The summed E-state index contributed by atoms with van der Waals surface area (Å²) in [5.74, 6) is 1.50. The van der Waals surface area contributed by atoms with Crippen molar-refractivity contribution in [3.63, 3.8) is 0 Å². The zero-order valence-electron chi connectivity index (χ0n) is 11.9. The summed E-state index contributed by atoms with van der Waals surface area (Å²) in [6.45, 7) is 6.03. The molecule has 0 spiro atoms. The third-order valence-electron chi connectivity index (χ3n) is 4.74. The average Bonchev–Trinajstić information content (AvgIpc) is 3.08. The van der Waals surface area contributed by atoms with Crippen LogP contribution in [-0.4, -0.2) is 12.6 Å². The largest absolute Gasteiger partial charge is 0.314 e. The van der Waals surface area contributed by atoms with Crippen LogP contribution in [0, 0.1) is 11.3 Å². The molecule has 1 heterocycles. The van der Waals surface area contributed by atoms with Gasteiger partial charge in [0.2, 0.25) is 0 Å². The highest BCUT2D eigenvalue weighted by molar-refractivity contribution is 7.16. The van der Waals surface area contributed by atoms with Gasteiger partial charge in [-0.25, -0.2) is 0 Å². The van der Waals surface area contributed by atoms with Gasteiger partial charge < -0.3 is 5.32 Å². The van der Waals surface area contributed by atoms with E-state index in [2.05, 4.69) is 31.3 Å². The van der Waals surface area contributed by atoms with Crippen LogP contribution in [0.4, 0.5) is 0 Å². The summed E-state index contributed by atoms with van der Waals surface area (Å²) in [5, 5.41) is 3.73. The molecule has 1 aromatic heterocycles. The quantitative estimate of drug-likeness (QED) is 0.819. The molecule has 2 atom stereocenters. The summed E-state index contributed by atoms with van der Waals surface area (Å²) in [7, 11) is 0. The third-order valence-corrected chi connectivity index (χ3v) is 6.10. The van der Waals surface area contributed by atoms with Gasteiger partial charge in [-0.2, -0.15) is 0 Å². The van der Waals surface area contributed by atoms with E-state index in [-0.39, 0.29) is 0 Å². The number of rotatable bonds is 4. The Hall–Kier alpha value is -0.0500. The van der Waals surface area contributed by atoms with Crippen LogP contribution in [-0.2, 0) is 0 Å². The van der Waals surface area contributed by atoms with E-state index < -0.39 is 0 Å². The maximum Gasteiger partial charge on any atom is 0.0931 e. The Morgan fingerprint density at radius 2 is 2.11 bits per heavy atom. The lowest BCUT2D eigenvalue weighted by Crippen LogP contribution is -2.35. The molecule has 3 heteroatoms. The zero-order valence-corrected chi connectivity index (χ0v) is 13.5. The number of thiophene rings is 1. The molecule has 1 aromatic rings. The second kappa shape index (κ2) is 5.38. The first-order chi connectivity index (χ1) is 9.03. The molecular formula is C16H24ClNS. The van der Waals surface area contributed by atoms with Crippen LogP contribution in [0.15, 0.2) is 12.1 Å². The third kappa shape index (κ3) is 3.53. The van der Waals surface area contributed by atoms with Crippen molar-refractivity contribution < 1.29 is 0 Å². The van der Waals surface area contributed by atoms with E-state index in [1.54, 1.807) is 11.3 Å². The molecule has 2 aliphatic carbocycles. The first kappa shape index (κ1) is 13.9. The average molecular weight is 298 g/mol. The van der Waals surface area contributed by atoms with E-state index in [4.69, 9.17) is 11.6 Å². The molecule has 0 aromatic carbocycles. The second-order valence-corrected chi connectivity index (χ2v) is 8.84. The molecule has 2 saturated carbocycles. The summed E-state index contributed by atoms with van der Waals surface area (Å²) in [6, 6.07) is 5.14. The molecule has 2 aliphatic rings. The van der Waals surface area contributed by atoms with Crippen molar-refractivity contribution in [2.24, 2.45) is 11.3 Å². The van der Waals surface area contributed by atoms with Crippen molar-refractivity contribution in [3.8, 4) is 0 Å². The minimum Gasteiger partial charge on any atom is -0.314 e. The Bertz CT molecular complexity index is 434. The molecule has 0 radical (unpaired) electrons. The molecular weight excluding hydrogens is 274 g/mol. The fourth-order valence-corrected chi connectivity index (χ4v) is 4.61. The Balaban J connectivity index is 1.72. The summed E-state index contributed by atoms with van der Waals surface area (Å²) in [6.07, 6.45) is 6.79. The Morgan fingerprint density at radius 3 is 2.74 bits per heavy atom. The predicted molar refractivity (Wildman–Crippen MR) is 84.2 cm³/mol. The second-order valence-electron chi connectivity index (χ2n) is 7.10. The van der Waals surface area contributed by atoms with Crippen LogP contribution in [0.5, 0.6) is 0 Å². The molecule has 0 saturated heterocycles. The standard InChI is InChI=1S/C16H24ClNS/c1-16(2)8-7-11(10-18-12-3-4-12)13(9-16)14-5-6-15(17)19-14/h5-6,11-13,18H,3-4,7-10H2,1-2H3. The maximum absolute atomic E-state index is 6.14. The highest BCUT2D eigenvalue weighted by Gasteiger charge is 2.36. The fraction of sp³-hybridized carbons (Fsp3) is 0.750. The Kier molecular flexibility index (Phi) is 3.94. The fourth-order valence-electron chi connectivity index (χ4n) is 3.35. The topological polar surface area (TPSA) is 12.0 Å². The molecule has 19 heavy (non-hydrogen) atoms. The summed E-state index contributed by atoms with van der Waals surface area (Å²) in [5.41, 5.74) is 0.483. The number of nitrogens with one attached hydrogen (secondary N) is 1. The summed E-state index contributed by atoms with van der Waals surface area (Å²) >= 11 is 7.93. The molecule has 0 bridgehead atoms. The lowest BCUT2D eigenvalue weighted by molar-refractivity contribution is 0.161. The van der Waals surface area contributed by atoms with E-state index in [1.165, 1.54) is 43.5 Å². The van der Waals surface area contributed by atoms with Crippen LogP contribution < -0.4 is 5.32 Å². The minimum atomic E-state index is 0.483. The van der Waals surface area contributed by atoms with Crippen molar-refractivity contribution in [1.82, 2.24) is 5.32 Å². The number of hydrogen-bond donors (Lipinski definition) is 1. The van der Waals surface area contributed by atoms with Crippen LogP contribution in [0.1, 0.15) is 56.7 Å². The van der Waals surface area contributed by atoms with Gasteiger partial charge in [-0.05, 0) is 68.0 Å². The van der Waals surface area contributed by atoms with E-state index >= 15 is 0 Å². The molecule has 3 rings (SSSR count). The Labute approximate surface area is 125 Å². The van der Waals surface area contributed by atoms with Gasteiger partial charge in [0.1, 0.15) is 0 Å². The van der Waals surface area contributed by atoms with E-state index in [0.29, 0.717) is 11.3 Å². The lowest BCUT2D eigenvalue weighted by Gasteiger charge is -2.40. The smallest absolute Gasteiger partial charge is 0.0931 e. The SMILES string of the molecule is CC1(C)CCC(CNC2CC2)C(c2ccc(Cl)s2)C1. The molecule has 2 fully saturated rings. The Morgan fingerprint density at radius 1 is 1.32 bits per heavy atom. The van der Waals surface area contributed by atoms with Crippen molar-refractivity contribution in [3.05, 3.63) is 21.3 Å². The van der Waals surface area contributed by atoms with Crippen LogP contribution in [0.25, 0.3) is 0 Å². The van der Waals surface area contributed by atoms with Crippen LogP contribution >= 0.6 is 22.9 Å². The molecule has 0 aliphatic heterocycles. The highest BCUT2D eigenvalue weighted by atomic mass is 35.5. The summed E-state index contributed by atoms with van der Waals surface area (Å²) in [4.78, 5) is 1.50. The van der Waals surface area contributed by atoms with Gasteiger partial charge in [-0.3, -0.25) is 0 Å². The highest BCUT2D eigenvalue weighted by Crippen LogP contribution is 2.48. The van der Waals surface area contributed by atoms with Crippen LogP contribution in [0.3, 0.4) is 0 Å². The van der Waals surface area contributed by atoms with Gasteiger partial charge in [0.15, 0.2) is 0 Å². The van der Waals surface area contributed by atoms with Crippen molar-refractivity contribution >= 4 is 22.9 Å². The van der Waals surface area contributed by atoms with Gasteiger partial charge in [0.25, 0.3) is 0 Å². The molecule has 2 unspecified atom stereocenters. The zero-order chi connectivity index (χ0) is 13.5.